The maximum absolute atomic E-state index is 12.5. The van der Waals surface area contributed by atoms with Crippen molar-refractivity contribution in [2.24, 2.45) is 0 Å². The van der Waals surface area contributed by atoms with E-state index in [1.807, 2.05) is 0 Å². The molecule has 0 aromatic heterocycles. The quantitative estimate of drug-likeness (QED) is 0.753. The molecule has 0 atom stereocenters. The molecule has 8 nitrogen and oxygen atoms in total. The van der Waals surface area contributed by atoms with Gasteiger partial charge in [0, 0.05) is 17.7 Å². The van der Waals surface area contributed by atoms with Crippen molar-refractivity contribution < 1.29 is 26.4 Å². The molecule has 1 amide bonds. The van der Waals surface area contributed by atoms with Crippen molar-refractivity contribution in [3.8, 4) is 0 Å². The van der Waals surface area contributed by atoms with E-state index in [1.54, 1.807) is 12.1 Å². The molecule has 2 aromatic rings. The molecule has 10 heteroatoms. The predicted octanol–water partition coefficient (Wildman–Crippen LogP) is 1.76. The molecule has 0 bridgehead atoms. The predicted molar refractivity (Wildman–Crippen MR) is 99.6 cm³/mol. The Labute approximate surface area is 156 Å². The molecule has 1 heterocycles. The third-order valence-corrected chi connectivity index (χ3v) is 7.07. The first kappa shape index (κ1) is 19.1. The number of hydrogen-bond acceptors (Lipinski definition) is 6. The van der Waals surface area contributed by atoms with Crippen molar-refractivity contribution in [1.82, 2.24) is 0 Å². The SMILES string of the molecule is CC(=O)c1cccc(NS(=O)(=O)c2ccc(N3C(=O)CCS3(=O)=O)cc2)c1. The molecule has 0 radical (unpaired) electrons. The smallest absolute Gasteiger partial charge is 0.261 e. The average molecular weight is 408 g/mol. The molecule has 1 N–H and O–H groups in total. The highest BCUT2D eigenvalue weighted by atomic mass is 32.2. The summed E-state index contributed by atoms with van der Waals surface area (Å²) in [6, 6.07) is 11.0. The normalized spacial score (nSPS) is 16.3. The summed E-state index contributed by atoms with van der Waals surface area (Å²) >= 11 is 0. The minimum atomic E-state index is -3.95. The van der Waals surface area contributed by atoms with Crippen LogP contribution in [0.15, 0.2) is 53.4 Å². The molecule has 2 aromatic carbocycles. The van der Waals surface area contributed by atoms with Crippen molar-refractivity contribution in [1.29, 1.82) is 0 Å². The van der Waals surface area contributed by atoms with Gasteiger partial charge in [-0.15, -0.1) is 0 Å². The highest BCUT2D eigenvalue weighted by Crippen LogP contribution is 2.27. The summed E-state index contributed by atoms with van der Waals surface area (Å²) in [6.45, 7) is 1.38. The van der Waals surface area contributed by atoms with Gasteiger partial charge in [-0.2, -0.15) is 0 Å². The molecule has 1 aliphatic rings. The van der Waals surface area contributed by atoms with Crippen LogP contribution in [-0.2, 0) is 24.8 Å². The maximum Gasteiger partial charge on any atom is 0.261 e. The lowest BCUT2D eigenvalue weighted by atomic mass is 10.1. The summed E-state index contributed by atoms with van der Waals surface area (Å²) < 4.78 is 51.9. The number of rotatable bonds is 5. The molecule has 0 spiro atoms. The maximum atomic E-state index is 12.5. The van der Waals surface area contributed by atoms with Crippen LogP contribution in [-0.4, -0.2) is 34.3 Å². The molecule has 1 saturated heterocycles. The second-order valence-electron chi connectivity index (χ2n) is 5.96. The van der Waals surface area contributed by atoms with E-state index in [0.717, 1.165) is 0 Å². The van der Waals surface area contributed by atoms with Crippen LogP contribution in [0.5, 0.6) is 0 Å². The van der Waals surface area contributed by atoms with Crippen LogP contribution in [0.25, 0.3) is 0 Å². The van der Waals surface area contributed by atoms with Crippen LogP contribution in [0.1, 0.15) is 23.7 Å². The van der Waals surface area contributed by atoms with E-state index in [-0.39, 0.29) is 34.2 Å². The lowest BCUT2D eigenvalue weighted by molar-refractivity contribution is -0.116. The van der Waals surface area contributed by atoms with Crippen LogP contribution in [0, 0.1) is 0 Å². The average Bonchev–Trinajstić information content (AvgIpc) is 2.87. The summed E-state index contributed by atoms with van der Waals surface area (Å²) in [7, 11) is -7.66. The Bertz CT molecular complexity index is 1120. The van der Waals surface area contributed by atoms with Gasteiger partial charge in [-0.25, -0.2) is 21.1 Å². The lowest BCUT2D eigenvalue weighted by Gasteiger charge is -2.15. The molecule has 0 aliphatic carbocycles. The Morgan fingerprint density at radius 1 is 1.11 bits per heavy atom. The Kier molecular flexibility index (Phi) is 4.79. The third kappa shape index (κ3) is 3.86. The second-order valence-corrected chi connectivity index (χ2v) is 9.58. The fourth-order valence-electron chi connectivity index (χ4n) is 2.65. The number of nitrogens with zero attached hydrogens (tertiary/aromatic N) is 1. The van der Waals surface area contributed by atoms with Gasteiger partial charge in [0.05, 0.1) is 16.3 Å². The van der Waals surface area contributed by atoms with Gasteiger partial charge in [0.25, 0.3) is 10.0 Å². The monoisotopic (exact) mass is 408 g/mol. The zero-order valence-corrected chi connectivity index (χ0v) is 15.9. The summed E-state index contributed by atoms with van der Waals surface area (Å²) in [5, 5.41) is 0. The molecular weight excluding hydrogens is 392 g/mol. The molecule has 0 unspecified atom stereocenters. The fraction of sp³-hybridized carbons (Fsp3) is 0.176. The van der Waals surface area contributed by atoms with Crippen LogP contribution in [0.3, 0.4) is 0 Å². The number of benzene rings is 2. The summed E-state index contributed by atoms with van der Waals surface area (Å²) in [5.74, 6) is -1.01. The minimum Gasteiger partial charge on any atom is -0.295 e. The van der Waals surface area contributed by atoms with Gasteiger partial charge in [0.1, 0.15) is 0 Å². The number of nitrogens with one attached hydrogen (secondary N) is 1. The van der Waals surface area contributed by atoms with Gasteiger partial charge in [0.2, 0.25) is 15.9 Å². The fourth-order valence-corrected chi connectivity index (χ4v) is 5.15. The standard InChI is InChI=1S/C17H16N2O6S2/c1-12(20)13-3-2-4-14(11-13)18-27(24,25)16-7-5-15(6-8-16)19-17(21)9-10-26(19,22)23/h2-8,11,18H,9-10H2,1H3. The van der Waals surface area contributed by atoms with Crippen LogP contribution in [0.4, 0.5) is 11.4 Å². The number of carbonyl (C=O) groups excluding carboxylic acids is 2. The van der Waals surface area contributed by atoms with Gasteiger partial charge in [-0.1, -0.05) is 12.1 Å². The largest absolute Gasteiger partial charge is 0.295 e. The summed E-state index contributed by atoms with van der Waals surface area (Å²) in [6.07, 6.45) is -0.101. The number of amides is 1. The number of ketones is 1. The Morgan fingerprint density at radius 3 is 2.33 bits per heavy atom. The Balaban J connectivity index is 1.87. The van der Waals surface area contributed by atoms with E-state index in [0.29, 0.717) is 9.87 Å². The molecule has 1 fully saturated rings. The first-order chi connectivity index (χ1) is 12.6. The van der Waals surface area contributed by atoms with E-state index in [9.17, 15) is 26.4 Å². The van der Waals surface area contributed by atoms with Crippen molar-refractivity contribution in [2.45, 2.75) is 18.2 Å². The van der Waals surface area contributed by atoms with Crippen molar-refractivity contribution in [2.75, 3.05) is 14.8 Å². The Hall–Kier alpha value is -2.72. The molecule has 3 rings (SSSR count). The highest BCUT2D eigenvalue weighted by molar-refractivity contribution is 7.94. The first-order valence-electron chi connectivity index (χ1n) is 7.90. The molecule has 1 aliphatic heterocycles. The van der Waals surface area contributed by atoms with Crippen LogP contribution in [0.2, 0.25) is 0 Å². The van der Waals surface area contributed by atoms with E-state index < -0.39 is 26.0 Å². The van der Waals surface area contributed by atoms with E-state index in [2.05, 4.69) is 4.72 Å². The van der Waals surface area contributed by atoms with Crippen molar-refractivity contribution in [3.63, 3.8) is 0 Å². The van der Waals surface area contributed by atoms with Crippen molar-refractivity contribution >= 4 is 43.1 Å². The van der Waals surface area contributed by atoms with Gasteiger partial charge in [0.15, 0.2) is 5.78 Å². The Morgan fingerprint density at radius 2 is 1.78 bits per heavy atom. The van der Waals surface area contributed by atoms with Gasteiger partial charge >= 0.3 is 0 Å². The number of sulfonamides is 2. The van der Waals surface area contributed by atoms with Gasteiger partial charge in [-0.05, 0) is 43.3 Å². The van der Waals surface area contributed by atoms with Crippen LogP contribution >= 0.6 is 0 Å². The number of anilines is 2. The molecule has 142 valence electrons. The molecular formula is C17H16N2O6S2. The lowest BCUT2D eigenvalue weighted by Crippen LogP contribution is -2.29. The van der Waals surface area contributed by atoms with Gasteiger partial charge in [-0.3, -0.25) is 14.3 Å². The second kappa shape index (κ2) is 6.78. The number of Topliss-reactive ketones (excluding diaryl/α,β-unsaturated/α-hetero) is 1. The molecule has 27 heavy (non-hydrogen) atoms. The van der Waals surface area contributed by atoms with Gasteiger partial charge < -0.3 is 0 Å². The van der Waals surface area contributed by atoms with E-state index >= 15 is 0 Å². The van der Waals surface area contributed by atoms with Crippen LogP contribution < -0.4 is 9.03 Å². The van der Waals surface area contributed by atoms with Crippen molar-refractivity contribution in [3.05, 3.63) is 54.1 Å². The van der Waals surface area contributed by atoms with E-state index in [1.165, 1.54) is 43.3 Å². The third-order valence-electron chi connectivity index (χ3n) is 3.98. The summed E-state index contributed by atoms with van der Waals surface area (Å²) in [4.78, 5) is 23.1. The zero-order chi connectivity index (χ0) is 19.8. The number of carbonyl (C=O) groups is 2. The summed E-state index contributed by atoms with van der Waals surface area (Å²) in [5.41, 5.74) is 0.683. The topological polar surface area (TPSA) is 118 Å². The highest BCUT2D eigenvalue weighted by Gasteiger charge is 2.36. The first-order valence-corrected chi connectivity index (χ1v) is 11.0. The minimum absolute atomic E-state index is 0.0926. The zero-order valence-electron chi connectivity index (χ0n) is 14.2. The number of hydrogen-bond donors (Lipinski definition) is 1. The van der Waals surface area contributed by atoms with E-state index in [4.69, 9.17) is 0 Å². The molecule has 0 saturated carbocycles.